The molecule has 3 unspecified atom stereocenters. The van der Waals surface area contributed by atoms with Crippen LogP contribution in [-0.4, -0.2) is 34.2 Å². The Balaban J connectivity index is 2.42. The zero-order chi connectivity index (χ0) is 17.3. The minimum atomic E-state index is -0.750. The summed E-state index contributed by atoms with van der Waals surface area (Å²) in [4.78, 5) is 0. The van der Waals surface area contributed by atoms with Crippen molar-refractivity contribution in [1.82, 2.24) is 0 Å². The molecule has 6 heteroatoms. The van der Waals surface area contributed by atoms with Crippen LogP contribution in [0.2, 0.25) is 0 Å². The van der Waals surface area contributed by atoms with Crippen LogP contribution in [0.15, 0.2) is 22.8 Å². The van der Waals surface area contributed by atoms with Crippen molar-refractivity contribution in [3.63, 3.8) is 0 Å². The van der Waals surface area contributed by atoms with Gasteiger partial charge in [-0.05, 0) is 45.1 Å². The van der Waals surface area contributed by atoms with Crippen LogP contribution in [0.1, 0.15) is 57.8 Å². The predicted molar refractivity (Wildman–Crippen MR) is 98.1 cm³/mol. The molecule has 0 bridgehead atoms. The molecule has 134 valence electrons. The maximum atomic E-state index is 11.5. The molecule has 23 heavy (non-hydrogen) atoms. The summed E-state index contributed by atoms with van der Waals surface area (Å²) in [5.41, 5.74) is 0. The van der Waals surface area contributed by atoms with E-state index in [1.165, 1.54) is 0 Å². The van der Waals surface area contributed by atoms with Gasteiger partial charge in [0.15, 0.2) is 5.79 Å². The summed E-state index contributed by atoms with van der Waals surface area (Å²) in [6.07, 6.45) is 10.5. The van der Waals surface area contributed by atoms with Crippen molar-refractivity contribution in [3.8, 4) is 0 Å². The maximum absolute atomic E-state index is 11.5. The van der Waals surface area contributed by atoms with Crippen molar-refractivity contribution in [2.75, 3.05) is 19.6 Å². The predicted octanol–water partition coefficient (Wildman–Crippen LogP) is 4.74. The number of methoxy groups -OCH3 is 1. The highest BCUT2D eigenvalue weighted by molar-refractivity contribution is 8.10. The van der Waals surface area contributed by atoms with Gasteiger partial charge in [0.1, 0.15) is 11.9 Å². The lowest BCUT2D eigenvalue weighted by atomic mass is 10.1. The Morgan fingerprint density at radius 1 is 1.30 bits per heavy atom. The lowest BCUT2D eigenvalue weighted by Crippen LogP contribution is -2.28. The van der Waals surface area contributed by atoms with Gasteiger partial charge >= 0.3 is 0 Å². The SMILES string of the molecule is COC(C)(C)OC(CCCCCC(SC)S(C)=O)c1ccco1. The Kier molecular flexibility index (Phi) is 9.51. The average Bonchev–Trinajstić information content (AvgIpc) is 3.03. The molecule has 0 amide bonds. The number of furan rings is 1. The standard InChI is InChI=1S/C17H30O4S2/c1-17(2,19-3)21-15(14-11-9-13-20-14)10-7-6-8-12-16(22-4)23(5)18/h9,11,13,15-16H,6-8,10,12H2,1-5H3. The summed E-state index contributed by atoms with van der Waals surface area (Å²) >= 11 is 1.69. The van der Waals surface area contributed by atoms with Crippen LogP contribution >= 0.6 is 11.8 Å². The van der Waals surface area contributed by atoms with Gasteiger partial charge in [-0.3, -0.25) is 4.21 Å². The van der Waals surface area contributed by atoms with Crippen LogP contribution in [0.5, 0.6) is 0 Å². The molecule has 4 nitrogen and oxygen atoms in total. The van der Waals surface area contributed by atoms with Crippen molar-refractivity contribution >= 4 is 22.6 Å². The fourth-order valence-electron chi connectivity index (χ4n) is 2.36. The number of hydrogen-bond acceptors (Lipinski definition) is 5. The lowest BCUT2D eigenvalue weighted by molar-refractivity contribution is -0.230. The zero-order valence-electron chi connectivity index (χ0n) is 14.9. The molecule has 1 aromatic rings. The number of hydrogen-bond donors (Lipinski definition) is 0. The Labute approximate surface area is 147 Å². The molecule has 0 radical (unpaired) electrons. The fourth-order valence-corrected chi connectivity index (χ4v) is 4.35. The topological polar surface area (TPSA) is 48.7 Å². The summed E-state index contributed by atoms with van der Waals surface area (Å²) in [5, 5.41) is 0. The minimum Gasteiger partial charge on any atom is -0.467 e. The molecule has 1 heterocycles. The van der Waals surface area contributed by atoms with E-state index in [0.29, 0.717) is 0 Å². The lowest BCUT2D eigenvalue weighted by Gasteiger charge is -2.28. The van der Waals surface area contributed by atoms with E-state index >= 15 is 0 Å². The molecule has 1 aromatic heterocycles. The Morgan fingerprint density at radius 3 is 2.52 bits per heavy atom. The number of rotatable bonds is 12. The summed E-state index contributed by atoms with van der Waals surface area (Å²) in [6.45, 7) is 3.81. The maximum Gasteiger partial charge on any atom is 0.163 e. The second-order valence-electron chi connectivity index (χ2n) is 6.03. The van der Waals surface area contributed by atoms with Gasteiger partial charge in [0.05, 0.1) is 10.8 Å². The van der Waals surface area contributed by atoms with Crippen LogP contribution in [0.4, 0.5) is 0 Å². The van der Waals surface area contributed by atoms with Crippen LogP contribution < -0.4 is 0 Å². The van der Waals surface area contributed by atoms with Crippen molar-refractivity contribution in [1.29, 1.82) is 0 Å². The first-order valence-electron chi connectivity index (χ1n) is 8.01. The molecule has 0 saturated carbocycles. The van der Waals surface area contributed by atoms with E-state index in [1.807, 2.05) is 32.2 Å². The van der Waals surface area contributed by atoms with Crippen molar-refractivity contribution in [2.24, 2.45) is 0 Å². The molecular formula is C17H30O4S2. The highest BCUT2D eigenvalue weighted by Gasteiger charge is 2.25. The molecule has 0 saturated heterocycles. The third kappa shape index (κ3) is 7.88. The van der Waals surface area contributed by atoms with E-state index in [0.717, 1.165) is 37.9 Å². The van der Waals surface area contributed by atoms with E-state index in [2.05, 4.69) is 0 Å². The highest BCUT2D eigenvalue weighted by Crippen LogP contribution is 2.30. The van der Waals surface area contributed by atoms with Gasteiger partial charge in [-0.1, -0.05) is 19.3 Å². The third-order valence-electron chi connectivity index (χ3n) is 3.82. The fraction of sp³-hybridized carbons (Fsp3) is 0.765. The van der Waals surface area contributed by atoms with Crippen LogP contribution in [-0.2, 0) is 20.3 Å². The summed E-state index contributed by atoms with van der Waals surface area (Å²) in [5.74, 6) is 0.201. The molecule has 0 aliphatic rings. The van der Waals surface area contributed by atoms with Crippen LogP contribution in [0.3, 0.4) is 0 Å². The first kappa shape index (κ1) is 20.7. The van der Waals surface area contributed by atoms with E-state index in [4.69, 9.17) is 13.9 Å². The van der Waals surface area contributed by atoms with Gasteiger partial charge in [0, 0.05) is 24.2 Å². The summed E-state index contributed by atoms with van der Waals surface area (Å²) < 4.78 is 28.7. The van der Waals surface area contributed by atoms with Crippen molar-refractivity contribution in [3.05, 3.63) is 24.2 Å². The highest BCUT2D eigenvalue weighted by atomic mass is 32.2. The van der Waals surface area contributed by atoms with Gasteiger partial charge in [-0.25, -0.2) is 0 Å². The Morgan fingerprint density at radius 2 is 2.00 bits per heavy atom. The molecule has 0 spiro atoms. The number of unbranched alkanes of at least 4 members (excludes halogenated alkanes) is 2. The second kappa shape index (κ2) is 10.5. The monoisotopic (exact) mass is 362 g/mol. The molecular weight excluding hydrogens is 332 g/mol. The molecule has 3 atom stereocenters. The van der Waals surface area contributed by atoms with E-state index in [1.54, 1.807) is 31.4 Å². The van der Waals surface area contributed by atoms with Gasteiger partial charge in [-0.15, -0.1) is 11.8 Å². The number of thioether (sulfide) groups is 1. The molecule has 0 aliphatic carbocycles. The first-order chi connectivity index (χ1) is 10.9. The normalized spacial score (nSPS) is 16.2. The van der Waals surface area contributed by atoms with Crippen molar-refractivity contribution in [2.45, 2.75) is 62.4 Å². The van der Waals surface area contributed by atoms with Gasteiger partial charge in [0.25, 0.3) is 0 Å². The van der Waals surface area contributed by atoms with Gasteiger partial charge in [0.2, 0.25) is 0 Å². The average molecular weight is 363 g/mol. The summed E-state index contributed by atoms with van der Waals surface area (Å²) in [6, 6.07) is 3.82. The molecule has 1 rings (SSSR count). The molecule has 0 aliphatic heterocycles. The van der Waals surface area contributed by atoms with E-state index < -0.39 is 16.6 Å². The van der Waals surface area contributed by atoms with Crippen LogP contribution in [0.25, 0.3) is 0 Å². The Bertz CT molecular complexity index is 445. The second-order valence-corrected chi connectivity index (χ2v) is 8.93. The van der Waals surface area contributed by atoms with Crippen molar-refractivity contribution < 1.29 is 18.1 Å². The largest absolute Gasteiger partial charge is 0.467 e. The number of ether oxygens (including phenoxy) is 2. The molecule has 0 N–H and O–H groups in total. The zero-order valence-corrected chi connectivity index (χ0v) is 16.5. The third-order valence-corrected chi connectivity index (χ3v) is 6.95. The van der Waals surface area contributed by atoms with E-state index in [-0.39, 0.29) is 10.7 Å². The van der Waals surface area contributed by atoms with Crippen LogP contribution in [0, 0.1) is 0 Å². The van der Waals surface area contributed by atoms with Gasteiger partial charge in [-0.2, -0.15) is 0 Å². The first-order valence-corrected chi connectivity index (χ1v) is 10.9. The van der Waals surface area contributed by atoms with Gasteiger partial charge < -0.3 is 13.9 Å². The van der Waals surface area contributed by atoms with E-state index in [9.17, 15) is 4.21 Å². The molecule has 0 fully saturated rings. The quantitative estimate of drug-likeness (QED) is 0.397. The Hall–Kier alpha value is -0.300. The summed E-state index contributed by atoms with van der Waals surface area (Å²) in [7, 11) is 0.896. The smallest absolute Gasteiger partial charge is 0.163 e. The minimum absolute atomic E-state index is 0.100. The molecule has 0 aromatic carbocycles.